The minimum Gasteiger partial charge on any atom is -0.508 e. The largest absolute Gasteiger partial charge is 0.508 e. The van der Waals surface area contributed by atoms with Crippen LogP contribution in [-0.4, -0.2) is 15.3 Å². The summed E-state index contributed by atoms with van der Waals surface area (Å²) < 4.78 is 0. The molecule has 1 fully saturated rings. The van der Waals surface area contributed by atoms with Gasteiger partial charge in [-0.25, -0.2) is 0 Å². The van der Waals surface area contributed by atoms with Gasteiger partial charge in [-0.2, -0.15) is 0 Å². The van der Waals surface area contributed by atoms with Crippen molar-refractivity contribution in [3.05, 3.63) is 17.2 Å². The minimum atomic E-state index is -0.201. The van der Waals surface area contributed by atoms with Crippen molar-refractivity contribution >= 4 is 0 Å². The van der Waals surface area contributed by atoms with E-state index in [-0.39, 0.29) is 17.2 Å². The van der Waals surface area contributed by atoms with E-state index in [9.17, 15) is 15.3 Å². The lowest BCUT2D eigenvalue weighted by Crippen LogP contribution is -2.04. The molecule has 0 amide bonds. The molecule has 2 rings (SSSR count). The van der Waals surface area contributed by atoms with Gasteiger partial charge in [0.15, 0.2) is 11.5 Å². The fraction of sp³-hybridized carbons (Fsp3) is 0.769. The van der Waals surface area contributed by atoms with Gasteiger partial charge in [-0.15, -0.1) is 0 Å². The van der Waals surface area contributed by atoms with Crippen LogP contribution in [0.5, 0.6) is 17.2 Å². The molecule has 1 aromatic rings. The summed E-state index contributed by atoms with van der Waals surface area (Å²) in [6, 6.07) is 1.30. The second kappa shape index (κ2) is 10.6. The molecule has 0 saturated heterocycles. The lowest BCUT2D eigenvalue weighted by molar-refractivity contribution is 0.357. The van der Waals surface area contributed by atoms with Crippen molar-refractivity contribution < 1.29 is 15.3 Å². The van der Waals surface area contributed by atoms with Gasteiger partial charge in [0.05, 0.1) is 0 Å². The van der Waals surface area contributed by atoms with Crippen molar-refractivity contribution in [2.75, 3.05) is 0 Å². The van der Waals surface area contributed by atoms with Crippen molar-refractivity contribution in [1.29, 1.82) is 0 Å². The maximum absolute atomic E-state index is 10.4. The van der Waals surface area contributed by atoms with Crippen molar-refractivity contribution in [3.63, 3.8) is 0 Å². The SMILES string of the molecule is CC(C)(C)CCCCCCc1c(O)cc(O)c(O)c1CCCCCCC1(C)CC1. The number of phenols is 3. The molecule has 0 aliphatic heterocycles. The molecule has 0 unspecified atom stereocenters. The first-order chi connectivity index (χ1) is 13.6. The molecule has 0 aromatic heterocycles. The van der Waals surface area contributed by atoms with Crippen LogP contribution in [0.3, 0.4) is 0 Å². The highest BCUT2D eigenvalue weighted by molar-refractivity contribution is 5.55. The topological polar surface area (TPSA) is 60.7 Å². The zero-order valence-corrected chi connectivity index (χ0v) is 19.3. The summed E-state index contributed by atoms with van der Waals surface area (Å²) >= 11 is 0. The van der Waals surface area contributed by atoms with E-state index < -0.39 is 0 Å². The fourth-order valence-electron chi connectivity index (χ4n) is 4.27. The highest BCUT2D eigenvalue weighted by atomic mass is 16.3. The van der Waals surface area contributed by atoms with E-state index in [1.54, 1.807) is 0 Å². The molecule has 3 heteroatoms. The van der Waals surface area contributed by atoms with Gasteiger partial charge in [0.2, 0.25) is 0 Å². The standard InChI is InChI=1S/C26H44O3/c1-25(2,3)15-11-7-5-9-13-20-21(24(29)23(28)19-22(20)27)14-10-6-8-12-16-26(4)17-18-26/h19,27-29H,5-18H2,1-4H3. The monoisotopic (exact) mass is 404 g/mol. The average molecular weight is 405 g/mol. The zero-order chi connectivity index (χ0) is 21.5. The second-order valence-corrected chi connectivity index (χ2v) is 10.9. The van der Waals surface area contributed by atoms with Crippen LogP contribution in [0.25, 0.3) is 0 Å². The van der Waals surface area contributed by atoms with Crippen LogP contribution in [0.1, 0.15) is 116 Å². The molecular formula is C26H44O3. The Hall–Kier alpha value is -1.38. The first-order valence-corrected chi connectivity index (χ1v) is 11.9. The number of aromatic hydroxyl groups is 3. The van der Waals surface area contributed by atoms with Crippen molar-refractivity contribution in [2.45, 2.75) is 118 Å². The predicted molar refractivity (Wildman–Crippen MR) is 122 cm³/mol. The molecule has 3 N–H and O–H groups in total. The highest BCUT2D eigenvalue weighted by Crippen LogP contribution is 2.49. The first-order valence-electron chi connectivity index (χ1n) is 11.9. The summed E-state index contributed by atoms with van der Waals surface area (Å²) in [4.78, 5) is 0. The van der Waals surface area contributed by atoms with Crippen molar-refractivity contribution in [3.8, 4) is 17.2 Å². The molecule has 0 spiro atoms. The number of hydrogen-bond acceptors (Lipinski definition) is 3. The van der Waals surface area contributed by atoms with E-state index in [4.69, 9.17) is 0 Å². The maximum atomic E-state index is 10.4. The Balaban J connectivity index is 1.79. The fourth-order valence-corrected chi connectivity index (χ4v) is 4.27. The molecule has 1 aliphatic rings. The van der Waals surface area contributed by atoms with E-state index in [1.807, 2.05) is 0 Å². The Labute approximate surface area is 178 Å². The third kappa shape index (κ3) is 8.48. The minimum absolute atomic E-state index is 0.0315. The average Bonchev–Trinajstić information content (AvgIpc) is 3.36. The van der Waals surface area contributed by atoms with Crippen molar-refractivity contribution in [2.24, 2.45) is 10.8 Å². The van der Waals surface area contributed by atoms with Gasteiger partial charge in [-0.05, 0) is 62.2 Å². The maximum Gasteiger partial charge on any atom is 0.161 e. The van der Waals surface area contributed by atoms with Gasteiger partial charge in [0, 0.05) is 17.2 Å². The first kappa shape index (κ1) is 23.9. The molecule has 0 bridgehead atoms. The van der Waals surface area contributed by atoms with Crippen LogP contribution in [0.4, 0.5) is 0 Å². The normalized spacial score (nSPS) is 15.6. The highest BCUT2D eigenvalue weighted by Gasteiger charge is 2.35. The van der Waals surface area contributed by atoms with Gasteiger partial charge in [-0.3, -0.25) is 0 Å². The van der Waals surface area contributed by atoms with E-state index in [0.29, 0.717) is 10.8 Å². The lowest BCUT2D eigenvalue weighted by Gasteiger charge is -2.17. The quantitative estimate of drug-likeness (QED) is 0.180. The molecule has 0 atom stereocenters. The Morgan fingerprint density at radius 3 is 1.90 bits per heavy atom. The number of benzene rings is 1. The Morgan fingerprint density at radius 2 is 1.31 bits per heavy atom. The zero-order valence-electron chi connectivity index (χ0n) is 19.3. The van der Waals surface area contributed by atoms with Gasteiger partial charge in [-0.1, -0.05) is 66.2 Å². The van der Waals surface area contributed by atoms with Crippen LogP contribution >= 0.6 is 0 Å². The summed E-state index contributed by atoms with van der Waals surface area (Å²) in [5.74, 6) is -0.101. The number of unbranched alkanes of at least 4 members (excludes halogenated alkanes) is 6. The molecule has 3 nitrogen and oxygen atoms in total. The van der Waals surface area contributed by atoms with Crippen LogP contribution < -0.4 is 0 Å². The molecule has 1 aromatic carbocycles. The Kier molecular flexibility index (Phi) is 8.73. The smallest absolute Gasteiger partial charge is 0.161 e. The van der Waals surface area contributed by atoms with E-state index in [0.717, 1.165) is 49.7 Å². The van der Waals surface area contributed by atoms with Gasteiger partial charge >= 0.3 is 0 Å². The molecule has 1 aliphatic carbocycles. The number of rotatable bonds is 13. The molecule has 29 heavy (non-hydrogen) atoms. The number of hydrogen-bond donors (Lipinski definition) is 3. The van der Waals surface area contributed by atoms with E-state index in [1.165, 1.54) is 57.4 Å². The Bertz CT molecular complexity index is 638. The molecular weight excluding hydrogens is 360 g/mol. The third-order valence-electron chi connectivity index (χ3n) is 6.64. The van der Waals surface area contributed by atoms with Crippen LogP contribution in [-0.2, 0) is 12.8 Å². The van der Waals surface area contributed by atoms with Crippen LogP contribution in [0, 0.1) is 10.8 Å². The molecule has 1 saturated carbocycles. The molecule has 0 radical (unpaired) electrons. The van der Waals surface area contributed by atoms with Gasteiger partial charge < -0.3 is 15.3 Å². The van der Waals surface area contributed by atoms with E-state index in [2.05, 4.69) is 27.7 Å². The summed E-state index contributed by atoms with van der Waals surface area (Å²) in [5.41, 5.74) is 2.62. The third-order valence-corrected chi connectivity index (χ3v) is 6.64. The molecule has 166 valence electrons. The molecule has 0 heterocycles. The van der Waals surface area contributed by atoms with E-state index >= 15 is 0 Å². The van der Waals surface area contributed by atoms with Gasteiger partial charge in [0.25, 0.3) is 0 Å². The van der Waals surface area contributed by atoms with Crippen molar-refractivity contribution in [1.82, 2.24) is 0 Å². The van der Waals surface area contributed by atoms with Crippen LogP contribution in [0.15, 0.2) is 6.07 Å². The van der Waals surface area contributed by atoms with Gasteiger partial charge in [0.1, 0.15) is 5.75 Å². The Morgan fingerprint density at radius 1 is 0.759 bits per heavy atom. The second-order valence-electron chi connectivity index (χ2n) is 10.9. The predicted octanol–water partition coefficient (Wildman–Crippen LogP) is 7.64. The summed E-state index contributed by atoms with van der Waals surface area (Å²) in [6.45, 7) is 9.23. The van der Waals surface area contributed by atoms with Crippen LogP contribution in [0.2, 0.25) is 0 Å². The number of phenolic OH excluding ortho intramolecular Hbond substituents is 3. The summed E-state index contributed by atoms with van der Waals surface area (Å²) in [5, 5.41) is 30.7. The lowest BCUT2D eigenvalue weighted by atomic mass is 9.89. The summed E-state index contributed by atoms with van der Waals surface area (Å²) in [7, 11) is 0. The summed E-state index contributed by atoms with van der Waals surface area (Å²) in [6.07, 6.45) is 16.1.